The average Bonchev–Trinajstić information content (AvgIpc) is 3.82. The van der Waals surface area contributed by atoms with Crippen LogP contribution in [0.1, 0.15) is 125 Å². The van der Waals surface area contributed by atoms with Crippen LogP contribution >= 0.6 is 0 Å². The van der Waals surface area contributed by atoms with Gasteiger partial charge in [-0.05, 0) is 104 Å². The molecule has 19 atom stereocenters. The van der Waals surface area contributed by atoms with Gasteiger partial charge in [-0.25, -0.2) is 0 Å². The maximum atomic E-state index is 14.3. The van der Waals surface area contributed by atoms with E-state index in [9.17, 15) is 4.79 Å². The molecule has 10 aliphatic rings. The Morgan fingerprint density at radius 2 is 1.47 bits per heavy atom. The summed E-state index contributed by atoms with van der Waals surface area (Å²) in [6.07, 6.45) is 8.52. The number of carbonyl (C=O) groups is 1. The summed E-state index contributed by atoms with van der Waals surface area (Å²) in [4.78, 5) is 14.3. The fourth-order valence-electron chi connectivity index (χ4n) is 11.9. The van der Waals surface area contributed by atoms with Gasteiger partial charge in [-0.15, -0.1) is 0 Å². The van der Waals surface area contributed by atoms with Crippen LogP contribution in [0.2, 0.25) is 18.1 Å². The number of Topliss-reactive ketones (excluding diaryl/α,β-unsaturated/α-hetero) is 1. The molecular weight excluding hydrogens is 753 g/mol. The molecule has 10 aliphatic heterocycles. The predicted molar refractivity (Wildman–Crippen MR) is 222 cm³/mol. The zero-order chi connectivity index (χ0) is 40.9. The highest BCUT2D eigenvalue weighted by molar-refractivity contribution is 6.74. The number of carbonyl (C=O) groups excluding carboxylic acids is 1. The fourth-order valence-corrected chi connectivity index (χ4v) is 13.1. The smallest absolute Gasteiger partial charge is 0.191 e. The SMILES string of the molecule is C=C1C[C@@H]2CC[C@@]34C[C@H]5O[C@H]6[C@@H](O3)[C@H]3O[C@@H](CC[C@@H]3O[C@H]6[C@H]5O4)CC(=O)C[C@H]3C(C[C@H]4O[C@@H](CCC1O2)C[C@@H](C)C4=C)O[C@H](C[C@H](C)CO[Si](C)(C)C(C)(C)C)[C@@H]3C. The van der Waals surface area contributed by atoms with Crippen molar-refractivity contribution < 1.29 is 47.1 Å². The number of ether oxygens (including phenoxy) is 8. The summed E-state index contributed by atoms with van der Waals surface area (Å²) in [5.74, 6) is 0.467. The molecule has 10 saturated heterocycles. The summed E-state index contributed by atoms with van der Waals surface area (Å²) in [5, 5.41) is 0.162. The molecule has 0 aromatic carbocycles. The Morgan fingerprint density at radius 1 is 0.759 bits per heavy atom. The van der Waals surface area contributed by atoms with E-state index < -0.39 is 14.1 Å². The summed E-state index contributed by atoms with van der Waals surface area (Å²) in [6, 6.07) is 0. The molecule has 326 valence electrons. The lowest BCUT2D eigenvalue weighted by molar-refractivity contribution is -0.292. The molecule has 0 aromatic heterocycles. The van der Waals surface area contributed by atoms with Gasteiger partial charge in [-0.3, -0.25) is 4.79 Å². The molecule has 1 spiro atoms. The van der Waals surface area contributed by atoms with E-state index in [0.717, 1.165) is 76.4 Å². The molecule has 12 bridgehead atoms. The third-order valence-corrected chi connectivity index (χ3v) is 21.1. The number of hydrogen-bond donors (Lipinski definition) is 0. The molecule has 10 rings (SSSR count). The molecule has 11 heteroatoms. The number of ketones is 1. The summed E-state index contributed by atoms with van der Waals surface area (Å²) >= 11 is 0. The summed E-state index contributed by atoms with van der Waals surface area (Å²) < 4.78 is 61.6. The van der Waals surface area contributed by atoms with Crippen molar-refractivity contribution in [1.82, 2.24) is 0 Å². The van der Waals surface area contributed by atoms with Crippen LogP contribution in [0.5, 0.6) is 0 Å². The molecule has 0 radical (unpaired) electrons. The lowest BCUT2D eigenvalue weighted by Gasteiger charge is -2.47. The first-order valence-corrected chi connectivity index (χ1v) is 26.2. The first-order chi connectivity index (χ1) is 27.5. The summed E-state index contributed by atoms with van der Waals surface area (Å²) in [7, 11) is -1.88. The quantitative estimate of drug-likeness (QED) is 0.199. The van der Waals surface area contributed by atoms with Crippen LogP contribution in [-0.2, 0) is 47.1 Å². The van der Waals surface area contributed by atoms with Gasteiger partial charge in [0.05, 0.1) is 54.9 Å². The van der Waals surface area contributed by atoms with Gasteiger partial charge in [0.15, 0.2) is 14.1 Å². The third kappa shape index (κ3) is 8.07. The Morgan fingerprint density at radius 3 is 2.26 bits per heavy atom. The van der Waals surface area contributed by atoms with E-state index in [2.05, 4.69) is 67.8 Å². The van der Waals surface area contributed by atoms with Crippen LogP contribution in [0.25, 0.3) is 0 Å². The molecule has 10 nitrogen and oxygen atoms in total. The lowest BCUT2D eigenvalue weighted by Crippen LogP contribution is -2.61. The Labute approximate surface area is 349 Å². The Balaban J connectivity index is 0.953. The van der Waals surface area contributed by atoms with Crippen LogP contribution in [0.15, 0.2) is 24.3 Å². The summed E-state index contributed by atoms with van der Waals surface area (Å²) in [6.45, 7) is 28.2. The second-order valence-electron chi connectivity index (χ2n) is 21.9. The molecular formula is C47H74O10Si. The molecule has 0 N–H and O–H groups in total. The minimum Gasteiger partial charge on any atom is -0.417 e. The predicted octanol–water partition coefficient (Wildman–Crippen LogP) is 8.40. The van der Waals surface area contributed by atoms with Gasteiger partial charge in [-0.2, -0.15) is 0 Å². The van der Waals surface area contributed by atoms with Crippen molar-refractivity contribution in [3.05, 3.63) is 24.3 Å². The maximum absolute atomic E-state index is 14.3. The maximum Gasteiger partial charge on any atom is 0.191 e. The Kier molecular flexibility index (Phi) is 11.7. The minimum absolute atomic E-state index is 0.0185. The van der Waals surface area contributed by atoms with Crippen molar-refractivity contribution in [3.63, 3.8) is 0 Å². The first-order valence-electron chi connectivity index (χ1n) is 23.3. The monoisotopic (exact) mass is 827 g/mol. The molecule has 0 amide bonds. The third-order valence-electron chi connectivity index (χ3n) is 16.6. The van der Waals surface area contributed by atoms with Gasteiger partial charge in [0.25, 0.3) is 0 Å². The molecule has 0 aromatic rings. The van der Waals surface area contributed by atoms with Gasteiger partial charge in [0.1, 0.15) is 36.3 Å². The Hall–Kier alpha value is -0.993. The van der Waals surface area contributed by atoms with Crippen LogP contribution in [0.4, 0.5) is 0 Å². The van der Waals surface area contributed by atoms with Crippen molar-refractivity contribution in [2.45, 2.75) is 234 Å². The molecule has 0 saturated carbocycles. The number of hydrogen-bond acceptors (Lipinski definition) is 10. The van der Waals surface area contributed by atoms with E-state index in [0.29, 0.717) is 31.1 Å². The fraction of sp³-hybridized carbons (Fsp3) is 0.894. The topological polar surface area (TPSA) is 100 Å². The highest BCUT2D eigenvalue weighted by atomic mass is 28.4. The van der Waals surface area contributed by atoms with E-state index >= 15 is 0 Å². The minimum atomic E-state index is -1.88. The molecule has 2 unspecified atom stereocenters. The second-order valence-corrected chi connectivity index (χ2v) is 26.7. The van der Waals surface area contributed by atoms with Crippen molar-refractivity contribution in [2.75, 3.05) is 6.61 Å². The standard InChI is InChI=1S/C47H74O10Si/c1-25(24-49-58(9,10)46(6,7)8)17-37-29(5)34-21-30(48)20-32-12-14-36-41(52-32)45-44-43(54-36)42-40(55-44)23-47(56-42,57-45)16-15-33-19-27(3)35(50-33)13-11-31-18-26(2)28(4)38(51-31)22-39(34)53-37/h25-26,29,31-45H,3-4,11-24H2,1-2,5-10H3/t25-,26+,29+,31-,32-,33-,34+,35?,36-,37+,38+,39?,40+,41-,42-,43-,44+,45-,47-/m0/s1. The van der Waals surface area contributed by atoms with Crippen molar-refractivity contribution >= 4 is 14.1 Å². The first kappa shape index (κ1) is 42.3. The average molecular weight is 827 g/mol. The van der Waals surface area contributed by atoms with E-state index in [1.54, 1.807) is 0 Å². The molecule has 0 aliphatic carbocycles. The van der Waals surface area contributed by atoms with Gasteiger partial charge in [0, 0.05) is 38.7 Å². The van der Waals surface area contributed by atoms with Crippen molar-refractivity contribution in [1.29, 1.82) is 0 Å². The van der Waals surface area contributed by atoms with E-state index in [1.807, 2.05) is 0 Å². The van der Waals surface area contributed by atoms with E-state index in [1.165, 1.54) is 5.57 Å². The zero-order valence-corrected chi connectivity index (χ0v) is 37.8. The largest absolute Gasteiger partial charge is 0.417 e. The highest BCUT2D eigenvalue weighted by Crippen LogP contribution is 2.54. The normalized spacial score (nSPS) is 48.8. The number of fused-ring (bicyclic) bond motifs is 6. The zero-order valence-electron chi connectivity index (χ0n) is 36.8. The van der Waals surface area contributed by atoms with Crippen LogP contribution in [0, 0.1) is 23.7 Å². The van der Waals surface area contributed by atoms with Crippen molar-refractivity contribution in [3.8, 4) is 0 Å². The second kappa shape index (κ2) is 16.0. The van der Waals surface area contributed by atoms with Crippen molar-refractivity contribution in [2.24, 2.45) is 23.7 Å². The Bertz CT molecular complexity index is 1560. The van der Waals surface area contributed by atoms with Crippen LogP contribution in [0.3, 0.4) is 0 Å². The van der Waals surface area contributed by atoms with Gasteiger partial charge >= 0.3 is 0 Å². The lowest BCUT2D eigenvalue weighted by atomic mass is 9.78. The van der Waals surface area contributed by atoms with Gasteiger partial charge in [-0.1, -0.05) is 54.7 Å². The van der Waals surface area contributed by atoms with Gasteiger partial charge in [0.2, 0.25) is 0 Å². The van der Waals surface area contributed by atoms with Crippen LogP contribution in [-0.4, -0.2) is 112 Å². The molecule has 10 fully saturated rings. The van der Waals surface area contributed by atoms with Gasteiger partial charge < -0.3 is 42.3 Å². The number of rotatable bonds is 5. The molecule has 58 heavy (non-hydrogen) atoms. The van der Waals surface area contributed by atoms with E-state index in [-0.39, 0.29) is 108 Å². The summed E-state index contributed by atoms with van der Waals surface area (Å²) in [5.41, 5.74) is 2.32. The van der Waals surface area contributed by atoms with E-state index in [4.69, 9.17) is 42.3 Å². The molecule has 10 heterocycles. The highest BCUT2D eigenvalue weighted by Gasteiger charge is 2.68. The van der Waals surface area contributed by atoms with Crippen LogP contribution < -0.4 is 0 Å².